The van der Waals surface area contributed by atoms with Crippen LogP contribution in [0.2, 0.25) is 0 Å². The first-order valence-electron chi connectivity index (χ1n) is 10.3. The summed E-state index contributed by atoms with van der Waals surface area (Å²) in [6.45, 7) is 8.82. The van der Waals surface area contributed by atoms with E-state index in [2.05, 4.69) is 0 Å². The Balaban J connectivity index is 1.89. The molecule has 1 aromatic carbocycles. The fraction of sp³-hybridized carbons (Fsp3) is 0.667. The minimum atomic E-state index is -3.62. The van der Waals surface area contributed by atoms with Crippen molar-refractivity contribution in [2.24, 2.45) is 11.3 Å². The summed E-state index contributed by atoms with van der Waals surface area (Å²) in [4.78, 5) is 14.4. The molecule has 156 valence electrons. The average Bonchev–Trinajstić information content (AvgIpc) is 2.66. The van der Waals surface area contributed by atoms with Crippen LogP contribution < -0.4 is 4.74 Å². The highest BCUT2D eigenvalue weighted by atomic mass is 32.2. The topological polar surface area (TPSA) is 66.9 Å². The molecule has 0 N–H and O–H groups in total. The van der Waals surface area contributed by atoms with E-state index in [1.54, 1.807) is 28.6 Å². The van der Waals surface area contributed by atoms with Gasteiger partial charge in [-0.05, 0) is 37.3 Å². The van der Waals surface area contributed by atoms with E-state index in [0.29, 0.717) is 45.0 Å². The number of carbonyl (C=O) groups excluding carboxylic acids is 1. The van der Waals surface area contributed by atoms with Crippen molar-refractivity contribution in [3.8, 4) is 5.75 Å². The van der Waals surface area contributed by atoms with Gasteiger partial charge in [-0.15, -0.1) is 0 Å². The lowest BCUT2D eigenvalue weighted by molar-refractivity contribution is -0.134. The highest BCUT2D eigenvalue weighted by Crippen LogP contribution is 2.39. The Morgan fingerprint density at radius 2 is 1.89 bits per heavy atom. The monoisotopic (exact) mass is 408 g/mol. The van der Waals surface area contributed by atoms with Crippen LogP contribution in [-0.4, -0.2) is 56.3 Å². The number of hydrogen-bond donors (Lipinski definition) is 0. The third-order valence-electron chi connectivity index (χ3n) is 5.72. The van der Waals surface area contributed by atoms with Gasteiger partial charge in [0.25, 0.3) is 0 Å². The van der Waals surface area contributed by atoms with Gasteiger partial charge in [-0.3, -0.25) is 4.79 Å². The Labute approximate surface area is 168 Å². The third kappa shape index (κ3) is 4.35. The number of carbonyl (C=O) groups is 1. The predicted octanol–water partition coefficient (Wildman–Crippen LogP) is 3.13. The van der Waals surface area contributed by atoms with Crippen LogP contribution in [0.15, 0.2) is 29.2 Å². The summed E-state index contributed by atoms with van der Waals surface area (Å²) in [6, 6.07) is 6.91. The fourth-order valence-electron chi connectivity index (χ4n) is 4.13. The van der Waals surface area contributed by atoms with Gasteiger partial charge in [-0.25, -0.2) is 8.42 Å². The quantitative estimate of drug-likeness (QED) is 0.768. The maximum absolute atomic E-state index is 13.4. The van der Waals surface area contributed by atoms with Crippen molar-refractivity contribution in [3.05, 3.63) is 24.3 Å². The van der Waals surface area contributed by atoms with Gasteiger partial charge in [0.05, 0.1) is 6.61 Å². The molecule has 1 fully saturated rings. The van der Waals surface area contributed by atoms with Gasteiger partial charge >= 0.3 is 0 Å². The van der Waals surface area contributed by atoms with Gasteiger partial charge in [-0.1, -0.05) is 32.9 Å². The molecule has 0 radical (unpaired) electrons. The molecule has 3 rings (SSSR count). The maximum atomic E-state index is 13.4. The van der Waals surface area contributed by atoms with Gasteiger partial charge in [0.2, 0.25) is 15.9 Å². The number of rotatable bonds is 4. The van der Waals surface area contributed by atoms with Crippen LogP contribution >= 0.6 is 0 Å². The summed E-state index contributed by atoms with van der Waals surface area (Å²) < 4.78 is 34.4. The number of benzene rings is 1. The normalized spacial score (nSPS) is 21.6. The Hall–Kier alpha value is -1.60. The average molecular weight is 409 g/mol. The first-order chi connectivity index (χ1) is 13.3. The lowest BCUT2D eigenvalue weighted by Crippen LogP contribution is -2.53. The van der Waals surface area contributed by atoms with Gasteiger partial charge in [0.15, 0.2) is 0 Å². The van der Waals surface area contributed by atoms with E-state index in [1.807, 2.05) is 25.7 Å². The fourth-order valence-corrected chi connectivity index (χ4v) is 5.98. The minimum Gasteiger partial charge on any atom is -0.492 e. The minimum absolute atomic E-state index is 0.195. The molecule has 0 aliphatic carbocycles. The van der Waals surface area contributed by atoms with Crippen LogP contribution in [0.1, 0.15) is 46.5 Å². The highest BCUT2D eigenvalue weighted by molar-refractivity contribution is 7.89. The first kappa shape index (κ1) is 21.1. The zero-order chi connectivity index (χ0) is 20.4. The SMILES string of the molecule is CCCC(=O)N1CCC2(CC1)COc1ccccc1S(=O)(=O)N(CC(C)C)C2. The number of para-hydroxylation sites is 1. The molecule has 2 heterocycles. The van der Waals surface area contributed by atoms with Crippen LogP contribution in [0.5, 0.6) is 5.75 Å². The highest BCUT2D eigenvalue weighted by Gasteiger charge is 2.43. The van der Waals surface area contributed by atoms with E-state index in [-0.39, 0.29) is 22.1 Å². The van der Waals surface area contributed by atoms with Crippen molar-refractivity contribution < 1.29 is 17.9 Å². The molecule has 1 amide bonds. The molecular weight excluding hydrogens is 376 g/mol. The summed E-state index contributed by atoms with van der Waals surface area (Å²) in [7, 11) is -3.62. The van der Waals surface area contributed by atoms with Gasteiger partial charge in [0.1, 0.15) is 10.6 Å². The number of sulfonamides is 1. The standard InChI is InChI=1S/C21H32N2O4S/c1-4-7-20(24)22-12-10-21(11-13-22)15-23(14-17(2)3)28(25,26)19-9-6-5-8-18(19)27-16-21/h5-6,8-9,17H,4,7,10-16H2,1-3H3. The molecule has 0 unspecified atom stereocenters. The Kier molecular flexibility index (Phi) is 6.34. The molecule has 0 atom stereocenters. The Morgan fingerprint density at radius 1 is 1.21 bits per heavy atom. The van der Waals surface area contributed by atoms with E-state index in [1.165, 1.54) is 0 Å². The number of likely N-dealkylation sites (tertiary alicyclic amines) is 1. The summed E-state index contributed by atoms with van der Waals surface area (Å²) in [5.41, 5.74) is -0.265. The molecule has 0 saturated carbocycles. The van der Waals surface area contributed by atoms with Crippen LogP contribution in [0.25, 0.3) is 0 Å². The summed E-state index contributed by atoms with van der Waals surface area (Å²) in [5.74, 6) is 0.853. The molecule has 0 bridgehead atoms. The summed E-state index contributed by atoms with van der Waals surface area (Å²) in [5, 5.41) is 0. The second kappa shape index (κ2) is 8.41. The second-order valence-corrected chi connectivity index (χ2v) is 10.5. The zero-order valence-corrected chi connectivity index (χ0v) is 18.0. The third-order valence-corrected chi connectivity index (χ3v) is 7.57. The van der Waals surface area contributed by atoms with Crippen molar-refractivity contribution in [2.45, 2.75) is 51.3 Å². The Bertz CT molecular complexity index is 798. The van der Waals surface area contributed by atoms with Gasteiger partial charge < -0.3 is 9.64 Å². The molecule has 2 aliphatic rings. The van der Waals surface area contributed by atoms with E-state index in [0.717, 1.165) is 19.3 Å². The lowest BCUT2D eigenvalue weighted by atomic mass is 9.78. The number of hydrogen-bond acceptors (Lipinski definition) is 4. The van der Waals surface area contributed by atoms with Crippen molar-refractivity contribution in [3.63, 3.8) is 0 Å². The van der Waals surface area contributed by atoms with E-state index in [9.17, 15) is 13.2 Å². The largest absolute Gasteiger partial charge is 0.492 e. The second-order valence-electron chi connectivity index (χ2n) is 8.56. The predicted molar refractivity (Wildman–Crippen MR) is 109 cm³/mol. The number of piperidine rings is 1. The van der Waals surface area contributed by atoms with Crippen LogP contribution in [0, 0.1) is 11.3 Å². The Morgan fingerprint density at radius 3 is 2.54 bits per heavy atom. The number of ether oxygens (including phenoxy) is 1. The molecule has 28 heavy (non-hydrogen) atoms. The molecule has 0 aromatic heterocycles. The number of fused-ring (bicyclic) bond motifs is 1. The van der Waals surface area contributed by atoms with Crippen molar-refractivity contribution in [1.29, 1.82) is 0 Å². The summed E-state index contributed by atoms with van der Waals surface area (Å²) in [6.07, 6.45) is 2.94. The van der Waals surface area contributed by atoms with Gasteiger partial charge in [0, 0.05) is 38.0 Å². The van der Waals surface area contributed by atoms with E-state index in [4.69, 9.17) is 4.74 Å². The molecular formula is C21H32N2O4S. The lowest BCUT2D eigenvalue weighted by Gasteiger charge is -2.45. The molecule has 2 aliphatic heterocycles. The summed E-state index contributed by atoms with van der Waals surface area (Å²) >= 11 is 0. The molecule has 1 spiro atoms. The number of amides is 1. The molecule has 6 nitrogen and oxygen atoms in total. The first-order valence-corrected chi connectivity index (χ1v) is 11.7. The van der Waals surface area contributed by atoms with Crippen molar-refractivity contribution in [1.82, 2.24) is 9.21 Å². The smallest absolute Gasteiger partial charge is 0.246 e. The van der Waals surface area contributed by atoms with Crippen LogP contribution in [0.3, 0.4) is 0 Å². The van der Waals surface area contributed by atoms with Crippen molar-refractivity contribution >= 4 is 15.9 Å². The zero-order valence-electron chi connectivity index (χ0n) is 17.2. The van der Waals surface area contributed by atoms with E-state index < -0.39 is 10.0 Å². The van der Waals surface area contributed by atoms with Crippen molar-refractivity contribution in [2.75, 3.05) is 32.8 Å². The van der Waals surface area contributed by atoms with Crippen LogP contribution in [0.4, 0.5) is 0 Å². The maximum Gasteiger partial charge on any atom is 0.246 e. The molecule has 1 saturated heterocycles. The molecule has 7 heteroatoms. The number of nitrogens with zero attached hydrogens (tertiary/aromatic N) is 2. The molecule has 1 aromatic rings. The van der Waals surface area contributed by atoms with Crippen LogP contribution in [-0.2, 0) is 14.8 Å². The van der Waals surface area contributed by atoms with E-state index >= 15 is 0 Å². The van der Waals surface area contributed by atoms with Gasteiger partial charge in [-0.2, -0.15) is 4.31 Å².